The molecule has 0 aliphatic rings. The van der Waals surface area contributed by atoms with Gasteiger partial charge in [0.05, 0.1) is 19.6 Å². The molecule has 0 saturated heterocycles. The Bertz CT molecular complexity index is 507. The van der Waals surface area contributed by atoms with Crippen LogP contribution < -0.4 is 0 Å². The summed E-state index contributed by atoms with van der Waals surface area (Å²) in [6, 6.07) is 3.73. The van der Waals surface area contributed by atoms with E-state index in [1.165, 1.54) is 18.1 Å². The molecule has 0 rings (SSSR count). The summed E-state index contributed by atoms with van der Waals surface area (Å²) in [6.45, 7) is 20.5. The first-order chi connectivity index (χ1) is 11.1. The van der Waals surface area contributed by atoms with Crippen molar-refractivity contribution < 1.29 is 0 Å². The molecule has 0 heterocycles. The second-order valence-corrected chi connectivity index (χ2v) is 18.1. The Balaban J connectivity index is 4.98. The fourth-order valence-electron chi connectivity index (χ4n) is 2.21. The molecular weight excluding hydrogens is 322 g/mol. The Morgan fingerprint density at radius 1 is 0.833 bits per heavy atom. The summed E-state index contributed by atoms with van der Waals surface area (Å²) in [6.07, 6.45) is 5.52. The summed E-state index contributed by atoms with van der Waals surface area (Å²) in [7, 11) is -2.90. The van der Waals surface area contributed by atoms with E-state index in [2.05, 4.69) is 88.4 Å². The molecule has 1 nitrogen and oxygen atoms in total. The van der Waals surface area contributed by atoms with Crippen LogP contribution in [0.3, 0.4) is 0 Å². The summed E-state index contributed by atoms with van der Waals surface area (Å²) in [5.74, 6) is 9.57. The predicted octanol–water partition coefficient (Wildman–Crippen LogP) is 5.02. The largest absolute Gasteiger partial charge is 0.270 e. The molecular formula is C21H37NSi2. The summed E-state index contributed by atoms with van der Waals surface area (Å²) < 4.78 is 0. The second kappa shape index (κ2) is 10.2. The van der Waals surface area contributed by atoms with Gasteiger partial charge in [-0.1, -0.05) is 72.4 Å². The fourth-order valence-corrected chi connectivity index (χ4v) is 5.59. The highest BCUT2D eigenvalue weighted by Gasteiger charge is 2.33. The van der Waals surface area contributed by atoms with Crippen LogP contribution in [-0.2, 0) is 0 Å². The minimum atomic E-state index is -1.54. The number of hydrogen-bond acceptors (Lipinski definition) is 1. The van der Waals surface area contributed by atoms with E-state index >= 15 is 0 Å². The van der Waals surface area contributed by atoms with E-state index < -0.39 is 16.1 Å². The van der Waals surface area contributed by atoms with E-state index in [0.29, 0.717) is 11.6 Å². The van der Waals surface area contributed by atoms with Gasteiger partial charge in [-0.25, -0.2) is 0 Å². The maximum Gasteiger partial charge on any atom is 0.137 e. The molecule has 134 valence electrons. The smallest absolute Gasteiger partial charge is 0.137 e. The first-order valence-corrected chi connectivity index (χ1v) is 14.9. The molecule has 0 aliphatic carbocycles. The van der Waals surface area contributed by atoms with Gasteiger partial charge in [0.25, 0.3) is 0 Å². The molecule has 0 spiro atoms. The lowest BCUT2D eigenvalue weighted by Crippen LogP contribution is -2.36. The molecule has 0 radical (unpaired) electrons. The standard InChI is InChI=1S/C21H37NSi2/c1-10-16-22(17-14-19-23(8,9)21(5,6)7)18-15-20-24(11-2,12-3)13-4/h1H,11-13,16-18H2,2-9H3. The van der Waals surface area contributed by atoms with Crippen molar-refractivity contribution >= 4 is 16.1 Å². The normalized spacial score (nSPS) is 12.0. The van der Waals surface area contributed by atoms with Crippen molar-refractivity contribution in [3.05, 3.63) is 0 Å². The third-order valence-corrected chi connectivity index (χ3v) is 14.9. The van der Waals surface area contributed by atoms with E-state index in [9.17, 15) is 0 Å². The number of terminal acetylenes is 1. The fraction of sp³-hybridized carbons (Fsp3) is 0.714. The molecule has 0 N–H and O–H groups in total. The van der Waals surface area contributed by atoms with Crippen molar-refractivity contribution in [3.63, 3.8) is 0 Å². The molecule has 0 aromatic heterocycles. The van der Waals surface area contributed by atoms with Crippen LogP contribution in [0.5, 0.6) is 0 Å². The third-order valence-electron chi connectivity index (χ3n) is 5.58. The zero-order valence-corrected chi connectivity index (χ0v) is 19.3. The highest BCUT2D eigenvalue weighted by atomic mass is 28.3. The van der Waals surface area contributed by atoms with Gasteiger partial charge in [0, 0.05) is 0 Å². The van der Waals surface area contributed by atoms with Crippen LogP contribution in [-0.4, -0.2) is 40.7 Å². The topological polar surface area (TPSA) is 3.24 Å². The minimum absolute atomic E-state index is 0.297. The van der Waals surface area contributed by atoms with Crippen molar-refractivity contribution in [2.75, 3.05) is 19.6 Å². The number of nitrogens with zero attached hydrogens (tertiary/aromatic N) is 1. The van der Waals surface area contributed by atoms with E-state index in [-0.39, 0.29) is 0 Å². The van der Waals surface area contributed by atoms with Crippen LogP contribution in [0.2, 0.25) is 36.3 Å². The molecule has 0 aromatic rings. The van der Waals surface area contributed by atoms with Gasteiger partial charge in [-0.05, 0) is 23.2 Å². The Morgan fingerprint density at radius 2 is 1.29 bits per heavy atom. The third kappa shape index (κ3) is 7.31. The van der Waals surface area contributed by atoms with Gasteiger partial charge < -0.3 is 0 Å². The van der Waals surface area contributed by atoms with E-state index in [1.54, 1.807) is 0 Å². The lowest BCUT2D eigenvalue weighted by atomic mass is 10.2. The zero-order valence-electron chi connectivity index (χ0n) is 17.3. The maximum absolute atomic E-state index is 5.52. The van der Waals surface area contributed by atoms with Crippen molar-refractivity contribution in [2.45, 2.75) is 77.8 Å². The van der Waals surface area contributed by atoms with Crippen LogP contribution in [0.4, 0.5) is 0 Å². The summed E-state index contributed by atoms with van der Waals surface area (Å²) in [5, 5.41) is 0.297. The zero-order chi connectivity index (χ0) is 18.9. The van der Waals surface area contributed by atoms with Gasteiger partial charge in [0.15, 0.2) is 0 Å². The quantitative estimate of drug-likeness (QED) is 0.475. The highest BCUT2D eigenvalue weighted by Crippen LogP contribution is 2.35. The van der Waals surface area contributed by atoms with Gasteiger partial charge in [0.1, 0.15) is 16.1 Å². The van der Waals surface area contributed by atoms with Crippen LogP contribution in [0.25, 0.3) is 0 Å². The van der Waals surface area contributed by atoms with Crippen molar-refractivity contribution in [3.8, 4) is 35.3 Å². The molecule has 0 saturated carbocycles. The van der Waals surface area contributed by atoms with Crippen LogP contribution in [0, 0.1) is 35.3 Å². The van der Waals surface area contributed by atoms with Crippen LogP contribution in [0.1, 0.15) is 41.5 Å². The molecule has 0 aromatic carbocycles. The molecule has 0 unspecified atom stereocenters. The van der Waals surface area contributed by atoms with Gasteiger partial charge in [-0.15, -0.1) is 17.5 Å². The summed E-state index contributed by atoms with van der Waals surface area (Å²) >= 11 is 0. The SMILES string of the molecule is C#CCN(CC#C[Si](CC)(CC)CC)CC#C[Si](C)(C)C(C)(C)C. The summed E-state index contributed by atoms with van der Waals surface area (Å²) in [4.78, 5) is 2.19. The number of hydrogen-bond donors (Lipinski definition) is 0. The van der Waals surface area contributed by atoms with Crippen LogP contribution >= 0.6 is 0 Å². The van der Waals surface area contributed by atoms with E-state index in [0.717, 1.165) is 13.1 Å². The van der Waals surface area contributed by atoms with Crippen molar-refractivity contribution in [2.24, 2.45) is 0 Å². The van der Waals surface area contributed by atoms with Crippen LogP contribution in [0.15, 0.2) is 0 Å². The number of rotatable bonds is 6. The minimum Gasteiger partial charge on any atom is -0.270 e. The second-order valence-electron chi connectivity index (χ2n) is 8.17. The van der Waals surface area contributed by atoms with Gasteiger partial charge in [0.2, 0.25) is 0 Å². The highest BCUT2D eigenvalue weighted by molar-refractivity contribution is 6.87. The Morgan fingerprint density at radius 3 is 1.67 bits per heavy atom. The average molecular weight is 360 g/mol. The lowest BCUT2D eigenvalue weighted by molar-refractivity contribution is 0.390. The first kappa shape index (κ1) is 23.1. The molecule has 0 atom stereocenters. The van der Waals surface area contributed by atoms with Crippen molar-refractivity contribution in [1.82, 2.24) is 4.90 Å². The Labute approximate surface area is 154 Å². The Hall–Kier alpha value is -0.926. The van der Waals surface area contributed by atoms with E-state index in [1.807, 2.05) is 0 Å². The summed E-state index contributed by atoms with van der Waals surface area (Å²) in [5.41, 5.74) is 7.21. The molecule has 0 bridgehead atoms. The predicted molar refractivity (Wildman–Crippen MR) is 115 cm³/mol. The van der Waals surface area contributed by atoms with Gasteiger partial charge in [-0.3, -0.25) is 4.90 Å². The van der Waals surface area contributed by atoms with Gasteiger partial charge in [-0.2, -0.15) is 0 Å². The molecule has 0 aliphatic heterocycles. The maximum atomic E-state index is 5.52. The molecule has 3 heteroatoms. The Kier molecular flexibility index (Phi) is 9.76. The first-order valence-electron chi connectivity index (χ1n) is 9.23. The molecule has 24 heavy (non-hydrogen) atoms. The molecule has 0 fully saturated rings. The monoisotopic (exact) mass is 359 g/mol. The van der Waals surface area contributed by atoms with Crippen molar-refractivity contribution in [1.29, 1.82) is 0 Å². The lowest BCUT2D eigenvalue weighted by Gasteiger charge is -2.31. The molecule has 0 amide bonds. The van der Waals surface area contributed by atoms with Gasteiger partial charge >= 0.3 is 0 Å². The van der Waals surface area contributed by atoms with E-state index in [4.69, 9.17) is 6.42 Å². The average Bonchev–Trinajstić information content (AvgIpc) is 2.51.